The van der Waals surface area contributed by atoms with E-state index in [1.807, 2.05) is 0 Å². The lowest BCUT2D eigenvalue weighted by atomic mass is 10.0. The number of hydrogen-bond donors (Lipinski definition) is 1. The van der Waals surface area contributed by atoms with Gasteiger partial charge in [-0.15, -0.1) is 0 Å². The van der Waals surface area contributed by atoms with Crippen molar-refractivity contribution in [3.8, 4) is 5.75 Å². The summed E-state index contributed by atoms with van der Waals surface area (Å²) in [4.78, 5) is 0. The van der Waals surface area contributed by atoms with Crippen LogP contribution in [0.5, 0.6) is 5.75 Å². The van der Waals surface area contributed by atoms with E-state index in [4.69, 9.17) is 5.73 Å². The van der Waals surface area contributed by atoms with E-state index < -0.39 is 30.1 Å². The summed E-state index contributed by atoms with van der Waals surface area (Å²) in [6.45, 7) is -1.83. The fourth-order valence-corrected chi connectivity index (χ4v) is 1.35. The largest absolute Gasteiger partial charge is 0.434 e. The van der Waals surface area contributed by atoms with Crippen LogP contribution in [0, 0.1) is 6.92 Å². The molecule has 0 aliphatic rings. The van der Waals surface area contributed by atoms with E-state index in [2.05, 4.69) is 4.74 Å². The van der Waals surface area contributed by atoms with Crippen molar-refractivity contribution in [1.82, 2.24) is 0 Å². The number of nitrogens with two attached hydrogens (primary N) is 1. The topological polar surface area (TPSA) is 35.2 Å². The van der Waals surface area contributed by atoms with Gasteiger partial charge in [0.25, 0.3) is 0 Å². The van der Waals surface area contributed by atoms with Gasteiger partial charge in [0, 0.05) is 5.56 Å². The molecule has 17 heavy (non-hydrogen) atoms. The predicted octanol–water partition coefficient (Wildman–Crippen LogP) is 3.16. The van der Waals surface area contributed by atoms with Crippen LogP contribution in [0.15, 0.2) is 18.2 Å². The van der Waals surface area contributed by atoms with Crippen LogP contribution < -0.4 is 10.5 Å². The average Bonchev–Trinajstić information content (AvgIpc) is 2.18. The molecule has 1 aromatic carbocycles. The lowest BCUT2D eigenvalue weighted by Gasteiger charge is -2.20. The summed E-state index contributed by atoms with van der Waals surface area (Å²) in [6.07, 6.45) is -4.71. The van der Waals surface area contributed by atoms with Crippen molar-refractivity contribution in [2.24, 2.45) is 5.73 Å². The van der Waals surface area contributed by atoms with Gasteiger partial charge in [-0.25, -0.2) is 0 Å². The first kappa shape index (κ1) is 13.7. The highest BCUT2D eigenvalue weighted by molar-refractivity contribution is 5.43. The Morgan fingerprint density at radius 1 is 1.24 bits per heavy atom. The Hall–Kier alpha value is -1.37. The number of rotatable bonds is 3. The minimum Gasteiger partial charge on any atom is -0.434 e. The lowest BCUT2D eigenvalue weighted by Crippen LogP contribution is -2.29. The molecule has 2 nitrogen and oxygen atoms in total. The third-order valence-electron chi connectivity index (χ3n) is 2.14. The van der Waals surface area contributed by atoms with Gasteiger partial charge in [-0.1, -0.05) is 18.2 Å². The van der Waals surface area contributed by atoms with Gasteiger partial charge in [0.2, 0.25) is 0 Å². The molecule has 0 aliphatic heterocycles. The number of alkyl halides is 5. The Balaban J connectivity index is 3.19. The molecule has 0 aromatic heterocycles. The summed E-state index contributed by atoms with van der Waals surface area (Å²) in [5.41, 5.74) is 4.63. The van der Waals surface area contributed by atoms with Crippen LogP contribution in [0.2, 0.25) is 0 Å². The Labute approximate surface area is 94.2 Å². The summed E-state index contributed by atoms with van der Waals surface area (Å²) >= 11 is 0. The second-order valence-electron chi connectivity index (χ2n) is 3.39. The van der Waals surface area contributed by atoms with Crippen LogP contribution in [-0.2, 0) is 0 Å². The van der Waals surface area contributed by atoms with Crippen molar-refractivity contribution in [1.29, 1.82) is 0 Å². The molecule has 0 saturated carbocycles. The van der Waals surface area contributed by atoms with E-state index in [9.17, 15) is 22.0 Å². The minimum absolute atomic E-state index is 0.169. The van der Waals surface area contributed by atoms with Gasteiger partial charge in [0.1, 0.15) is 11.8 Å². The molecule has 1 unspecified atom stereocenters. The number of para-hydroxylation sites is 1. The number of halogens is 5. The molecule has 96 valence electrons. The Bertz CT molecular complexity index is 391. The van der Waals surface area contributed by atoms with E-state index in [1.54, 1.807) is 0 Å². The van der Waals surface area contributed by atoms with Crippen LogP contribution >= 0.6 is 0 Å². The van der Waals surface area contributed by atoms with E-state index in [-0.39, 0.29) is 5.56 Å². The summed E-state index contributed by atoms with van der Waals surface area (Å²) in [6, 6.07) is 1.33. The molecule has 0 aliphatic carbocycles. The van der Waals surface area contributed by atoms with Crippen molar-refractivity contribution in [2.45, 2.75) is 25.8 Å². The van der Waals surface area contributed by atoms with Crippen LogP contribution in [-0.4, -0.2) is 12.8 Å². The van der Waals surface area contributed by atoms with Crippen LogP contribution in [0.25, 0.3) is 0 Å². The Morgan fingerprint density at radius 3 is 2.29 bits per heavy atom. The molecule has 0 saturated heterocycles. The maximum Gasteiger partial charge on any atom is 0.407 e. The molecule has 1 rings (SSSR count). The predicted molar refractivity (Wildman–Crippen MR) is 50.8 cm³/mol. The zero-order chi connectivity index (χ0) is 13.2. The Morgan fingerprint density at radius 2 is 1.82 bits per heavy atom. The quantitative estimate of drug-likeness (QED) is 0.842. The van der Waals surface area contributed by atoms with Gasteiger partial charge >= 0.3 is 12.8 Å². The summed E-state index contributed by atoms with van der Waals surface area (Å²) in [5.74, 6) is -0.521. The van der Waals surface area contributed by atoms with Crippen molar-refractivity contribution in [3.05, 3.63) is 29.3 Å². The van der Waals surface area contributed by atoms with E-state index in [0.717, 1.165) is 6.07 Å². The second kappa shape index (κ2) is 4.87. The van der Waals surface area contributed by atoms with Gasteiger partial charge in [-0.2, -0.15) is 22.0 Å². The molecule has 7 heteroatoms. The van der Waals surface area contributed by atoms with Gasteiger partial charge in [-0.3, -0.25) is 0 Å². The summed E-state index contributed by atoms with van der Waals surface area (Å²) < 4.78 is 65.5. The highest BCUT2D eigenvalue weighted by atomic mass is 19.4. The third kappa shape index (κ3) is 3.29. The second-order valence-corrected chi connectivity index (χ2v) is 3.39. The summed E-state index contributed by atoms with van der Waals surface area (Å²) in [7, 11) is 0. The first-order valence-corrected chi connectivity index (χ1v) is 4.60. The minimum atomic E-state index is -4.71. The summed E-state index contributed by atoms with van der Waals surface area (Å²) in [5, 5.41) is 0. The maximum atomic E-state index is 12.4. The molecule has 0 heterocycles. The SMILES string of the molecule is Cc1cccc(C(N)C(F)(F)F)c1OC(F)F. The first-order valence-electron chi connectivity index (χ1n) is 4.60. The molecule has 0 bridgehead atoms. The monoisotopic (exact) mass is 255 g/mol. The van der Waals surface area contributed by atoms with Crippen LogP contribution in [0.4, 0.5) is 22.0 Å². The molecule has 0 radical (unpaired) electrons. The molecule has 0 fully saturated rings. The van der Waals surface area contributed by atoms with E-state index in [0.29, 0.717) is 0 Å². The third-order valence-corrected chi connectivity index (χ3v) is 2.14. The van der Waals surface area contributed by atoms with Crippen LogP contribution in [0.1, 0.15) is 17.2 Å². The fourth-order valence-electron chi connectivity index (χ4n) is 1.35. The molecular weight excluding hydrogens is 245 g/mol. The van der Waals surface area contributed by atoms with Crippen molar-refractivity contribution >= 4 is 0 Å². The zero-order valence-electron chi connectivity index (χ0n) is 8.76. The lowest BCUT2D eigenvalue weighted by molar-refractivity contribution is -0.150. The molecule has 0 amide bonds. The number of benzene rings is 1. The first-order chi connectivity index (χ1) is 7.73. The van der Waals surface area contributed by atoms with Gasteiger partial charge in [0.05, 0.1) is 0 Å². The highest BCUT2D eigenvalue weighted by Gasteiger charge is 2.39. The molecule has 2 N–H and O–H groups in total. The van der Waals surface area contributed by atoms with Gasteiger partial charge in [0.15, 0.2) is 0 Å². The van der Waals surface area contributed by atoms with Crippen molar-refractivity contribution in [2.75, 3.05) is 0 Å². The van der Waals surface area contributed by atoms with Crippen LogP contribution in [0.3, 0.4) is 0 Å². The van der Waals surface area contributed by atoms with Crippen molar-refractivity contribution < 1.29 is 26.7 Å². The molecule has 1 aromatic rings. The zero-order valence-corrected chi connectivity index (χ0v) is 8.76. The molecule has 0 spiro atoms. The van der Waals surface area contributed by atoms with Crippen molar-refractivity contribution in [3.63, 3.8) is 0 Å². The normalized spacial score (nSPS) is 13.9. The average molecular weight is 255 g/mol. The van der Waals surface area contributed by atoms with Gasteiger partial charge in [-0.05, 0) is 12.5 Å². The van der Waals surface area contributed by atoms with E-state index >= 15 is 0 Å². The Kier molecular flexibility index (Phi) is 3.92. The molecular formula is C10H10F5NO. The number of aryl methyl sites for hydroxylation is 1. The smallest absolute Gasteiger partial charge is 0.407 e. The van der Waals surface area contributed by atoms with E-state index in [1.165, 1.54) is 19.1 Å². The fraction of sp³-hybridized carbons (Fsp3) is 0.400. The van der Waals surface area contributed by atoms with Gasteiger partial charge < -0.3 is 10.5 Å². The number of hydrogen-bond acceptors (Lipinski definition) is 2. The highest BCUT2D eigenvalue weighted by Crippen LogP contribution is 2.37. The standard InChI is InChI=1S/C10H10F5NO/c1-5-3-2-4-6(7(5)17-9(11)12)8(16)10(13,14)15/h2-4,8-9H,16H2,1H3. The number of ether oxygens (including phenoxy) is 1. The molecule has 1 atom stereocenters. The maximum absolute atomic E-state index is 12.4.